The van der Waals surface area contributed by atoms with Crippen LogP contribution in [0.5, 0.6) is 5.75 Å². The lowest BCUT2D eigenvalue weighted by atomic mass is 9.86. The van der Waals surface area contributed by atoms with Gasteiger partial charge in [0.15, 0.2) is 16.9 Å². The van der Waals surface area contributed by atoms with E-state index in [1.807, 2.05) is 209 Å². The average molecular weight is 1170 g/mol. The molecule has 2 N–H and O–H groups in total. The zero-order chi connectivity index (χ0) is 62.5. The number of thiophene rings is 1. The Balaban J connectivity index is 0.000000640. The molecule has 0 saturated carbocycles. The van der Waals surface area contributed by atoms with Gasteiger partial charge in [0.1, 0.15) is 56.0 Å². The van der Waals surface area contributed by atoms with Gasteiger partial charge in [0.05, 0.1) is 50.1 Å². The van der Waals surface area contributed by atoms with E-state index in [2.05, 4.69) is 26.2 Å². The summed E-state index contributed by atoms with van der Waals surface area (Å²) in [7, 11) is 4.60. The quantitative estimate of drug-likeness (QED) is 0.0286. The van der Waals surface area contributed by atoms with E-state index in [0.717, 1.165) is 45.0 Å². The molecule has 5 rings (SSSR count). The van der Waals surface area contributed by atoms with Crippen LogP contribution in [-0.4, -0.2) is 90.8 Å². The highest BCUT2D eigenvalue weighted by molar-refractivity contribution is 7.13. The molecule has 3 aromatic carbocycles. The predicted octanol–water partition coefficient (Wildman–Crippen LogP) is 12.6. The highest BCUT2D eigenvalue weighted by atomic mass is 32.1. The molecule has 0 bridgehead atoms. The number of likely N-dealkylation sites (N-methyl/N-ethyl adjacent to an activating group) is 1. The molecule has 2 heterocycles. The van der Waals surface area contributed by atoms with Crippen LogP contribution in [0.4, 0.5) is 15.3 Å². The lowest BCUT2D eigenvalue weighted by Gasteiger charge is -2.27. The van der Waals surface area contributed by atoms with E-state index in [1.165, 1.54) is 14.2 Å². The molecule has 0 radical (unpaired) electrons. The largest absolute Gasteiger partial charge is 0.488 e. The molecule has 1 aliphatic heterocycles. The Labute approximate surface area is 499 Å². The van der Waals surface area contributed by atoms with Crippen molar-refractivity contribution in [1.82, 2.24) is 10.6 Å². The number of esters is 3. The standard InChI is InChI=1S/C48H47N5O6S.C10H19NO4.C7H14O2/c1-6-47(2,3)45(54)56-27-25-52-46(55)57-28-26-53(5)38-19-17-35(43(29-38)58-33-34-13-9-7-10-14-34)18-20-39-21-22-40(60-39)23-24-42-41(32-51)44(36(30-49)31-50)59-48(42,4)37-15-11-8-12-16-37;1-5-10(2,3)8(12)15-7-6-11-9(13)14-4;1-5-7(2,3)6(8)9-4/h7-24,29H,6,25-28,33H2,1-5H3,(H,52,55);5-7H2,1-4H3,(H,11,13);5H2,1-4H3/b20-18+,24-23+;;. The summed E-state index contributed by atoms with van der Waals surface area (Å²) in [5, 5.41) is 34.4. The maximum Gasteiger partial charge on any atom is 0.407 e. The van der Waals surface area contributed by atoms with E-state index < -0.39 is 28.6 Å². The summed E-state index contributed by atoms with van der Waals surface area (Å²) in [5.74, 6) is -0.0422. The van der Waals surface area contributed by atoms with Gasteiger partial charge in [-0.1, -0.05) is 87.5 Å². The van der Waals surface area contributed by atoms with E-state index in [0.29, 0.717) is 30.9 Å². The number of carbonyl (C=O) groups excluding carboxylic acids is 5. The smallest absolute Gasteiger partial charge is 0.407 e. The van der Waals surface area contributed by atoms with Crippen LogP contribution in [0, 0.1) is 50.2 Å². The second kappa shape index (κ2) is 33.9. The molecule has 1 atom stereocenters. The first kappa shape index (κ1) is 69.4. The topological polar surface area (TPSA) is 249 Å². The Hall–Kier alpha value is -8.86. The maximum absolute atomic E-state index is 12.3. The minimum Gasteiger partial charge on any atom is -0.488 e. The average Bonchev–Trinajstić information content (AvgIpc) is 2.60. The number of amides is 2. The SMILES string of the molecule is CCC(C)(C)C(=O)OC.CCC(C)(C)C(=O)OCCNC(=O)OC.CCC(C)(C)C(=O)OCCNC(=O)OCCN(C)c1ccc(/C=C/c2ccc(/C=C/C3=C(C#N)C(=C(C#N)C#N)OC3(C)c3ccccc3)s2)c(OCc2ccccc2)c1. The van der Waals surface area contributed by atoms with Crippen molar-refractivity contribution in [3.63, 3.8) is 0 Å². The van der Waals surface area contributed by atoms with Gasteiger partial charge in [-0.3, -0.25) is 14.4 Å². The maximum atomic E-state index is 12.3. The molecule has 18 nitrogen and oxygen atoms in total. The number of nitrogens with zero attached hydrogens (tertiary/aromatic N) is 4. The summed E-state index contributed by atoms with van der Waals surface area (Å²) < 4.78 is 37.1. The predicted molar refractivity (Wildman–Crippen MR) is 324 cm³/mol. The zero-order valence-corrected chi connectivity index (χ0v) is 51.5. The Morgan fingerprint density at radius 1 is 0.655 bits per heavy atom. The van der Waals surface area contributed by atoms with Crippen LogP contribution in [0.3, 0.4) is 0 Å². The van der Waals surface area contributed by atoms with E-state index >= 15 is 0 Å². The van der Waals surface area contributed by atoms with Gasteiger partial charge in [0, 0.05) is 39.7 Å². The van der Waals surface area contributed by atoms with Crippen LogP contribution >= 0.6 is 11.3 Å². The van der Waals surface area contributed by atoms with Crippen LogP contribution in [0.1, 0.15) is 115 Å². The van der Waals surface area contributed by atoms with Crippen LogP contribution < -0.4 is 20.3 Å². The third-order valence-electron chi connectivity index (χ3n) is 13.9. The molecule has 448 valence electrons. The third kappa shape index (κ3) is 21.2. The molecule has 0 fully saturated rings. The number of methoxy groups -OCH3 is 2. The van der Waals surface area contributed by atoms with Crippen molar-refractivity contribution >= 4 is 65.3 Å². The number of alkyl carbamates (subject to hydrolysis) is 2. The fourth-order valence-corrected chi connectivity index (χ4v) is 7.98. The van der Waals surface area contributed by atoms with E-state index in [1.54, 1.807) is 11.3 Å². The molecule has 1 unspecified atom stereocenters. The molecule has 0 saturated heterocycles. The van der Waals surface area contributed by atoms with Gasteiger partial charge in [-0.2, -0.15) is 15.8 Å². The number of ether oxygens (including phenoxy) is 7. The molecular formula is C65H80N6O12S. The second-order valence-corrected chi connectivity index (χ2v) is 22.3. The monoisotopic (exact) mass is 1170 g/mol. The number of rotatable bonds is 24. The van der Waals surface area contributed by atoms with E-state index in [-0.39, 0.29) is 73.1 Å². The van der Waals surface area contributed by atoms with Gasteiger partial charge >= 0.3 is 30.1 Å². The summed E-state index contributed by atoms with van der Waals surface area (Å²) in [6.45, 7) is 20.2. The molecule has 4 aromatic rings. The van der Waals surface area contributed by atoms with Crippen LogP contribution in [0.15, 0.2) is 120 Å². The number of hydrogen-bond acceptors (Lipinski definition) is 17. The highest BCUT2D eigenvalue weighted by Gasteiger charge is 2.44. The third-order valence-corrected chi connectivity index (χ3v) is 14.9. The lowest BCUT2D eigenvalue weighted by Crippen LogP contribution is -2.33. The fraction of sp³-hybridized carbons (Fsp3) is 0.415. The minimum absolute atomic E-state index is 0.0221. The van der Waals surface area contributed by atoms with Gasteiger partial charge in [0.25, 0.3) is 0 Å². The van der Waals surface area contributed by atoms with Crippen molar-refractivity contribution in [2.75, 3.05) is 65.6 Å². The second-order valence-electron chi connectivity index (χ2n) is 21.1. The highest BCUT2D eigenvalue weighted by Crippen LogP contribution is 2.47. The molecule has 1 aliphatic rings. The Kier molecular flexibility index (Phi) is 28.0. The van der Waals surface area contributed by atoms with Gasteiger partial charge in [0.2, 0.25) is 0 Å². The Morgan fingerprint density at radius 3 is 1.68 bits per heavy atom. The first-order valence-electron chi connectivity index (χ1n) is 27.5. The van der Waals surface area contributed by atoms with Gasteiger partial charge in [-0.15, -0.1) is 11.3 Å². The summed E-state index contributed by atoms with van der Waals surface area (Å²) >= 11 is 1.55. The summed E-state index contributed by atoms with van der Waals surface area (Å²) in [6.07, 6.45) is 8.80. The number of carbonyl (C=O) groups is 5. The first-order valence-corrected chi connectivity index (χ1v) is 28.3. The Bertz CT molecular complexity index is 3090. The normalized spacial score (nSPS) is 13.7. The van der Waals surface area contributed by atoms with E-state index in [9.17, 15) is 39.8 Å². The number of hydrogen-bond donors (Lipinski definition) is 2. The summed E-state index contributed by atoms with van der Waals surface area (Å²) in [5.41, 5.74) is 1.52. The summed E-state index contributed by atoms with van der Waals surface area (Å²) in [4.78, 5) is 61.2. The molecular weight excluding hydrogens is 1090 g/mol. The number of nitriles is 3. The summed E-state index contributed by atoms with van der Waals surface area (Å²) in [6, 6.07) is 35.1. The van der Waals surface area contributed by atoms with Gasteiger partial charge in [-0.25, -0.2) is 9.59 Å². The molecule has 84 heavy (non-hydrogen) atoms. The molecule has 0 aliphatic carbocycles. The van der Waals surface area contributed by atoms with Crippen molar-refractivity contribution in [3.8, 4) is 24.0 Å². The van der Waals surface area contributed by atoms with Crippen molar-refractivity contribution in [2.45, 2.75) is 101 Å². The molecule has 0 spiro atoms. The van der Waals surface area contributed by atoms with Crippen molar-refractivity contribution in [3.05, 3.63) is 146 Å². The molecule has 19 heteroatoms. The zero-order valence-electron chi connectivity index (χ0n) is 50.6. The fourth-order valence-electron chi connectivity index (χ4n) is 7.16. The molecule has 1 aromatic heterocycles. The number of nitrogens with one attached hydrogen (secondary N) is 2. The van der Waals surface area contributed by atoms with Crippen LogP contribution in [-0.2, 0) is 55.0 Å². The van der Waals surface area contributed by atoms with Crippen LogP contribution in [0.25, 0.3) is 18.2 Å². The number of allylic oxidation sites excluding steroid dienone is 2. The number of benzene rings is 3. The molecule has 2 amide bonds. The van der Waals surface area contributed by atoms with Crippen molar-refractivity contribution < 1.29 is 57.1 Å². The van der Waals surface area contributed by atoms with Gasteiger partial charge in [-0.05, 0) is 121 Å². The van der Waals surface area contributed by atoms with Crippen molar-refractivity contribution in [2.24, 2.45) is 16.2 Å². The van der Waals surface area contributed by atoms with Crippen molar-refractivity contribution in [1.29, 1.82) is 15.8 Å². The Morgan fingerprint density at radius 2 is 1.18 bits per heavy atom. The number of anilines is 1. The van der Waals surface area contributed by atoms with E-state index in [4.69, 9.17) is 23.7 Å². The van der Waals surface area contributed by atoms with Gasteiger partial charge < -0.3 is 48.7 Å². The van der Waals surface area contributed by atoms with Crippen LogP contribution in [0.2, 0.25) is 0 Å². The lowest BCUT2D eigenvalue weighted by molar-refractivity contribution is -0.154. The minimum atomic E-state index is -1.10. The first-order chi connectivity index (χ1) is 39.9.